The van der Waals surface area contributed by atoms with Crippen molar-refractivity contribution in [2.24, 2.45) is 0 Å². The van der Waals surface area contributed by atoms with E-state index in [0.29, 0.717) is 0 Å². The number of anilines is 1. The van der Waals surface area contributed by atoms with Gasteiger partial charge in [0.25, 0.3) is 0 Å². The van der Waals surface area contributed by atoms with Crippen molar-refractivity contribution in [3.63, 3.8) is 0 Å². The quantitative estimate of drug-likeness (QED) is 0.716. The largest absolute Gasteiger partial charge is 0.301 e. The minimum Gasteiger partial charge on any atom is -0.301 e. The Morgan fingerprint density at radius 2 is 1.82 bits per heavy atom. The zero-order valence-corrected chi connectivity index (χ0v) is 13.6. The van der Waals surface area contributed by atoms with Crippen LogP contribution in [0.4, 0.5) is 5.69 Å². The third-order valence-corrected chi connectivity index (χ3v) is 5.91. The highest BCUT2D eigenvalue weighted by atomic mass is 16.2. The second-order valence-corrected chi connectivity index (χ2v) is 7.11. The van der Waals surface area contributed by atoms with Gasteiger partial charge in [0.15, 0.2) is 0 Å². The van der Waals surface area contributed by atoms with Crippen molar-refractivity contribution in [1.29, 1.82) is 0 Å². The summed E-state index contributed by atoms with van der Waals surface area (Å²) in [7, 11) is 0. The molecule has 0 radical (unpaired) electrons. The molecule has 1 aliphatic carbocycles. The number of nitrogens with zero attached hydrogens (tertiary/aromatic N) is 1. The summed E-state index contributed by atoms with van der Waals surface area (Å²) in [5, 5.41) is 0. The van der Waals surface area contributed by atoms with Gasteiger partial charge in [0.2, 0.25) is 5.91 Å². The predicted octanol–water partition coefficient (Wildman–Crippen LogP) is 4.09. The molecule has 2 aromatic rings. The minimum absolute atomic E-state index is 0.0658. The Morgan fingerprint density at radius 1 is 1.09 bits per heavy atom. The third-order valence-electron chi connectivity index (χ3n) is 5.91. The number of benzene rings is 2. The molecule has 1 aliphatic heterocycles. The maximum Gasteiger partial charge on any atom is 0.224 e. The summed E-state index contributed by atoms with van der Waals surface area (Å²) in [6, 6.07) is 15.1. The molecule has 0 bridgehead atoms. The summed E-state index contributed by atoms with van der Waals surface area (Å²) in [5.41, 5.74) is 5.94. The van der Waals surface area contributed by atoms with Crippen LogP contribution in [-0.4, -0.2) is 5.91 Å². The molecule has 1 heterocycles. The number of carbonyl (C=O) groups excluding carboxylic acids is 1. The molecule has 4 rings (SSSR count). The average Bonchev–Trinajstić information content (AvgIpc) is 2.81. The SMILES string of the molecule is CC(=O)N1c2ccc(C)cc2[C@]2(C)Cc3ccccc3[C@]12C. The smallest absolute Gasteiger partial charge is 0.224 e. The van der Waals surface area contributed by atoms with Gasteiger partial charge < -0.3 is 4.90 Å². The van der Waals surface area contributed by atoms with Crippen LogP contribution >= 0.6 is 0 Å². The predicted molar refractivity (Wildman–Crippen MR) is 89.2 cm³/mol. The Hall–Kier alpha value is -2.09. The summed E-state index contributed by atoms with van der Waals surface area (Å²) in [5.74, 6) is 0.119. The lowest BCUT2D eigenvalue weighted by Crippen LogP contribution is -2.51. The molecule has 0 aromatic heterocycles. The van der Waals surface area contributed by atoms with Crippen molar-refractivity contribution in [2.45, 2.75) is 45.1 Å². The van der Waals surface area contributed by atoms with Crippen LogP contribution in [0, 0.1) is 6.92 Å². The van der Waals surface area contributed by atoms with E-state index < -0.39 is 0 Å². The number of fused-ring (bicyclic) bond motifs is 5. The van der Waals surface area contributed by atoms with Crippen LogP contribution in [0.25, 0.3) is 0 Å². The fraction of sp³-hybridized carbons (Fsp3) is 0.350. The van der Waals surface area contributed by atoms with Crippen molar-refractivity contribution in [3.05, 3.63) is 64.7 Å². The van der Waals surface area contributed by atoms with Crippen LogP contribution in [0.2, 0.25) is 0 Å². The second kappa shape index (κ2) is 4.01. The lowest BCUT2D eigenvalue weighted by atomic mass is 9.70. The number of aryl methyl sites for hydroxylation is 1. The molecule has 0 unspecified atom stereocenters. The van der Waals surface area contributed by atoms with Crippen molar-refractivity contribution in [2.75, 3.05) is 4.90 Å². The van der Waals surface area contributed by atoms with E-state index in [1.54, 1.807) is 6.92 Å². The molecule has 2 aliphatic rings. The summed E-state index contributed by atoms with van der Waals surface area (Å²) in [6.07, 6.45) is 0.986. The fourth-order valence-corrected chi connectivity index (χ4v) is 4.74. The molecule has 0 saturated carbocycles. The van der Waals surface area contributed by atoms with Crippen LogP contribution in [0.1, 0.15) is 43.0 Å². The second-order valence-electron chi connectivity index (χ2n) is 7.11. The molecule has 2 atom stereocenters. The number of rotatable bonds is 0. The van der Waals surface area contributed by atoms with Crippen molar-refractivity contribution in [1.82, 2.24) is 0 Å². The van der Waals surface area contributed by atoms with E-state index in [0.717, 1.165) is 12.1 Å². The van der Waals surface area contributed by atoms with Gasteiger partial charge in [-0.15, -0.1) is 0 Å². The first kappa shape index (κ1) is 13.6. The Kier molecular flexibility index (Phi) is 2.47. The van der Waals surface area contributed by atoms with E-state index in [9.17, 15) is 4.79 Å². The number of hydrogen-bond acceptors (Lipinski definition) is 1. The Balaban J connectivity index is 2.08. The zero-order chi connectivity index (χ0) is 15.7. The van der Waals surface area contributed by atoms with Crippen LogP contribution in [-0.2, 0) is 22.2 Å². The minimum atomic E-state index is -0.300. The number of carbonyl (C=O) groups is 1. The molecule has 0 N–H and O–H groups in total. The molecule has 2 aromatic carbocycles. The number of hydrogen-bond donors (Lipinski definition) is 0. The van der Waals surface area contributed by atoms with Crippen LogP contribution in [0.5, 0.6) is 0 Å². The standard InChI is InChI=1S/C20H21NO/c1-13-9-10-18-17(11-13)19(3)12-15-7-5-6-8-16(15)20(19,4)21(18)14(2)22/h5-11H,12H2,1-4H3/t19-,20-/m0/s1. The van der Waals surface area contributed by atoms with Gasteiger partial charge >= 0.3 is 0 Å². The van der Waals surface area contributed by atoms with Gasteiger partial charge in [-0.2, -0.15) is 0 Å². The van der Waals surface area contributed by atoms with Crippen LogP contribution in [0.3, 0.4) is 0 Å². The molecule has 0 fully saturated rings. The van der Waals surface area contributed by atoms with Gasteiger partial charge in [-0.1, -0.05) is 48.9 Å². The highest BCUT2D eigenvalue weighted by Gasteiger charge is 2.62. The first-order valence-corrected chi connectivity index (χ1v) is 7.90. The Labute approximate surface area is 131 Å². The molecular weight excluding hydrogens is 270 g/mol. The summed E-state index contributed by atoms with van der Waals surface area (Å²) in [6.45, 7) is 8.35. The van der Waals surface area contributed by atoms with E-state index in [1.807, 2.05) is 4.90 Å². The van der Waals surface area contributed by atoms with Crippen molar-refractivity contribution < 1.29 is 4.79 Å². The Bertz CT molecular complexity index is 809. The Morgan fingerprint density at radius 3 is 2.55 bits per heavy atom. The highest BCUT2D eigenvalue weighted by molar-refractivity contribution is 5.98. The zero-order valence-electron chi connectivity index (χ0n) is 13.6. The highest BCUT2D eigenvalue weighted by Crippen LogP contribution is 2.62. The lowest BCUT2D eigenvalue weighted by Gasteiger charge is -2.41. The van der Waals surface area contributed by atoms with Gasteiger partial charge in [-0.25, -0.2) is 0 Å². The average molecular weight is 291 g/mol. The molecule has 1 amide bonds. The van der Waals surface area contributed by atoms with Crippen LogP contribution in [0.15, 0.2) is 42.5 Å². The number of amides is 1. The fourth-order valence-electron chi connectivity index (χ4n) is 4.74. The van der Waals surface area contributed by atoms with E-state index in [4.69, 9.17) is 0 Å². The van der Waals surface area contributed by atoms with Gasteiger partial charge in [0.05, 0.1) is 5.54 Å². The third kappa shape index (κ3) is 1.34. The first-order valence-electron chi connectivity index (χ1n) is 7.90. The molecule has 112 valence electrons. The van der Waals surface area contributed by atoms with Gasteiger partial charge in [-0.05, 0) is 43.0 Å². The molecule has 0 saturated heterocycles. The first-order chi connectivity index (χ1) is 10.4. The van der Waals surface area contributed by atoms with Crippen molar-refractivity contribution >= 4 is 11.6 Å². The maximum absolute atomic E-state index is 12.5. The maximum atomic E-state index is 12.5. The molecule has 2 heteroatoms. The topological polar surface area (TPSA) is 20.3 Å². The van der Waals surface area contributed by atoms with E-state index in [1.165, 1.54) is 22.3 Å². The van der Waals surface area contributed by atoms with Gasteiger partial charge in [0.1, 0.15) is 0 Å². The molecule has 0 spiro atoms. The molecule has 2 nitrogen and oxygen atoms in total. The normalized spacial score (nSPS) is 28.3. The van der Waals surface area contributed by atoms with Crippen molar-refractivity contribution in [3.8, 4) is 0 Å². The monoisotopic (exact) mass is 291 g/mol. The van der Waals surface area contributed by atoms with E-state index in [2.05, 4.69) is 63.2 Å². The van der Waals surface area contributed by atoms with Gasteiger partial charge in [0, 0.05) is 18.0 Å². The van der Waals surface area contributed by atoms with E-state index >= 15 is 0 Å². The summed E-state index contributed by atoms with van der Waals surface area (Å²) < 4.78 is 0. The molecular formula is C20H21NO. The summed E-state index contributed by atoms with van der Waals surface area (Å²) in [4.78, 5) is 14.5. The molecule has 22 heavy (non-hydrogen) atoms. The summed E-state index contributed by atoms with van der Waals surface area (Å²) >= 11 is 0. The lowest BCUT2D eigenvalue weighted by molar-refractivity contribution is -0.118. The van der Waals surface area contributed by atoms with E-state index in [-0.39, 0.29) is 16.9 Å². The van der Waals surface area contributed by atoms with Crippen LogP contribution < -0.4 is 4.90 Å². The van der Waals surface area contributed by atoms with Gasteiger partial charge in [-0.3, -0.25) is 4.79 Å².